The number of thiophene rings is 1. The summed E-state index contributed by atoms with van der Waals surface area (Å²) >= 11 is 4.92. The quantitative estimate of drug-likeness (QED) is 0.777. The summed E-state index contributed by atoms with van der Waals surface area (Å²) < 4.78 is 0.930. The van der Waals surface area contributed by atoms with Gasteiger partial charge in [-0.05, 0) is 53.2 Å². The average Bonchev–Trinajstić information content (AvgIpc) is 2.58. The van der Waals surface area contributed by atoms with Crippen molar-refractivity contribution in [2.24, 2.45) is 5.92 Å². The van der Waals surface area contributed by atoms with Crippen LogP contribution in [0.25, 0.3) is 0 Å². The van der Waals surface area contributed by atoms with Gasteiger partial charge in [0.15, 0.2) is 5.78 Å². The first-order valence-electron chi connectivity index (χ1n) is 5.61. The van der Waals surface area contributed by atoms with Crippen molar-refractivity contribution in [2.75, 3.05) is 20.1 Å². The molecule has 1 aliphatic rings. The SMILES string of the molecule is CN(CC(=O)c1sccc1Br)CC1CCC1. The van der Waals surface area contributed by atoms with Gasteiger partial charge in [-0.15, -0.1) is 11.3 Å². The number of rotatable bonds is 5. The smallest absolute Gasteiger partial charge is 0.187 e. The second-order valence-electron chi connectivity index (χ2n) is 4.51. The van der Waals surface area contributed by atoms with Crippen LogP contribution in [0.4, 0.5) is 0 Å². The lowest BCUT2D eigenvalue weighted by molar-refractivity contribution is 0.0928. The van der Waals surface area contributed by atoms with Gasteiger partial charge in [0.25, 0.3) is 0 Å². The second kappa shape index (κ2) is 5.43. The lowest BCUT2D eigenvalue weighted by Gasteiger charge is -2.29. The molecule has 1 aromatic rings. The van der Waals surface area contributed by atoms with Crippen molar-refractivity contribution in [1.82, 2.24) is 4.90 Å². The highest BCUT2D eigenvalue weighted by atomic mass is 79.9. The molecule has 0 saturated heterocycles. The Balaban J connectivity index is 1.84. The Morgan fingerprint density at radius 1 is 1.62 bits per heavy atom. The molecular weight excluding hydrogens is 286 g/mol. The third-order valence-electron chi connectivity index (χ3n) is 3.08. The van der Waals surface area contributed by atoms with Crippen LogP contribution in [0.1, 0.15) is 28.9 Å². The lowest BCUT2D eigenvalue weighted by atomic mass is 9.85. The second-order valence-corrected chi connectivity index (χ2v) is 6.28. The van der Waals surface area contributed by atoms with Crippen LogP contribution in [0.15, 0.2) is 15.9 Å². The highest BCUT2D eigenvalue weighted by molar-refractivity contribution is 9.10. The number of nitrogens with zero attached hydrogens (tertiary/aromatic N) is 1. The molecule has 4 heteroatoms. The number of likely N-dealkylation sites (N-methyl/N-ethyl adjacent to an activating group) is 1. The Hall–Kier alpha value is -0.190. The summed E-state index contributed by atoms with van der Waals surface area (Å²) in [5.41, 5.74) is 0. The largest absolute Gasteiger partial charge is 0.299 e. The van der Waals surface area contributed by atoms with Crippen molar-refractivity contribution in [2.45, 2.75) is 19.3 Å². The van der Waals surface area contributed by atoms with Gasteiger partial charge in [0.2, 0.25) is 0 Å². The number of carbonyl (C=O) groups excluding carboxylic acids is 1. The van der Waals surface area contributed by atoms with E-state index in [9.17, 15) is 4.79 Å². The summed E-state index contributed by atoms with van der Waals surface area (Å²) in [5.74, 6) is 1.05. The van der Waals surface area contributed by atoms with Crippen molar-refractivity contribution < 1.29 is 4.79 Å². The molecule has 1 heterocycles. The normalized spacial score (nSPS) is 16.4. The minimum atomic E-state index is 0.226. The highest BCUT2D eigenvalue weighted by Crippen LogP contribution is 2.27. The van der Waals surface area contributed by atoms with Crippen molar-refractivity contribution >= 4 is 33.0 Å². The van der Waals surface area contributed by atoms with E-state index in [0.717, 1.165) is 21.8 Å². The van der Waals surface area contributed by atoms with Crippen LogP contribution < -0.4 is 0 Å². The molecular formula is C12H16BrNOS. The third kappa shape index (κ3) is 2.93. The minimum Gasteiger partial charge on any atom is -0.299 e. The van der Waals surface area contributed by atoms with E-state index in [1.165, 1.54) is 30.6 Å². The first kappa shape index (κ1) is 12.3. The molecule has 16 heavy (non-hydrogen) atoms. The van der Waals surface area contributed by atoms with Gasteiger partial charge >= 0.3 is 0 Å². The average molecular weight is 302 g/mol. The molecule has 0 aromatic carbocycles. The van der Waals surface area contributed by atoms with Gasteiger partial charge in [0, 0.05) is 11.0 Å². The van der Waals surface area contributed by atoms with E-state index < -0.39 is 0 Å². The summed E-state index contributed by atoms with van der Waals surface area (Å²) in [6.07, 6.45) is 4.03. The van der Waals surface area contributed by atoms with Crippen LogP contribution in [-0.4, -0.2) is 30.8 Å². The Kier molecular flexibility index (Phi) is 4.16. The molecule has 0 unspecified atom stereocenters. The van der Waals surface area contributed by atoms with Crippen molar-refractivity contribution in [3.8, 4) is 0 Å². The first-order chi connectivity index (χ1) is 7.66. The van der Waals surface area contributed by atoms with Gasteiger partial charge in [-0.1, -0.05) is 6.42 Å². The Labute approximate surface area is 109 Å². The maximum absolute atomic E-state index is 12.0. The Morgan fingerprint density at radius 2 is 2.38 bits per heavy atom. The molecule has 2 nitrogen and oxygen atoms in total. The highest BCUT2D eigenvalue weighted by Gasteiger charge is 2.21. The molecule has 0 amide bonds. The topological polar surface area (TPSA) is 20.3 Å². The molecule has 0 atom stereocenters. The van der Waals surface area contributed by atoms with Gasteiger partial charge in [0.1, 0.15) is 0 Å². The lowest BCUT2D eigenvalue weighted by Crippen LogP contribution is -2.33. The Morgan fingerprint density at radius 3 is 2.88 bits per heavy atom. The van der Waals surface area contributed by atoms with Crippen LogP contribution >= 0.6 is 27.3 Å². The van der Waals surface area contributed by atoms with Crippen molar-refractivity contribution in [3.63, 3.8) is 0 Å². The zero-order chi connectivity index (χ0) is 11.5. The van der Waals surface area contributed by atoms with Crippen LogP contribution in [-0.2, 0) is 0 Å². The van der Waals surface area contributed by atoms with Crippen LogP contribution in [0.2, 0.25) is 0 Å². The minimum absolute atomic E-state index is 0.226. The van der Waals surface area contributed by atoms with E-state index in [1.54, 1.807) is 0 Å². The molecule has 0 N–H and O–H groups in total. The number of carbonyl (C=O) groups is 1. The fourth-order valence-corrected chi connectivity index (χ4v) is 3.52. The van der Waals surface area contributed by atoms with Crippen LogP contribution in [0.3, 0.4) is 0 Å². The summed E-state index contributed by atoms with van der Waals surface area (Å²) in [7, 11) is 2.04. The predicted octanol–water partition coefficient (Wildman–Crippen LogP) is 3.43. The number of Topliss-reactive ketones (excluding diaryl/α,β-unsaturated/α-hetero) is 1. The monoisotopic (exact) mass is 301 g/mol. The predicted molar refractivity (Wildman–Crippen MR) is 71.2 cm³/mol. The number of halogens is 1. The van der Waals surface area contributed by atoms with E-state index in [-0.39, 0.29) is 5.78 Å². The molecule has 1 fully saturated rings. The molecule has 2 rings (SSSR count). The summed E-state index contributed by atoms with van der Waals surface area (Å²) in [6.45, 7) is 1.60. The maximum atomic E-state index is 12.0. The van der Waals surface area contributed by atoms with E-state index in [2.05, 4.69) is 20.8 Å². The summed E-state index contributed by atoms with van der Waals surface area (Å²) in [5, 5.41) is 1.95. The number of hydrogen-bond donors (Lipinski definition) is 0. The van der Waals surface area contributed by atoms with Gasteiger partial charge in [-0.25, -0.2) is 0 Å². The van der Waals surface area contributed by atoms with Crippen LogP contribution in [0.5, 0.6) is 0 Å². The molecule has 0 bridgehead atoms. The zero-order valence-corrected chi connectivity index (χ0v) is 11.8. The van der Waals surface area contributed by atoms with E-state index in [0.29, 0.717) is 6.54 Å². The first-order valence-corrected chi connectivity index (χ1v) is 7.29. The summed E-state index contributed by atoms with van der Waals surface area (Å²) in [4.78, 5) is 15.0. The van der Waals surface area contributed by atoms with Gasteiger partial charge in [0.05, 0.1) is 11.4 Å². The zero-order valence-electron chi connectivity index (χ0n) is 9.41. The Bertz CT molecular complexity index is 373. The molecule has 88 valence electrons. The number of ketones is 1. The third-order valence-corrected chi connectivity index (χ3v) is 4.96. The maximum Gasteiger partial charge on any atom is 0.187 e. The number of hydrogen-bond acceptors (Lipinski definition) is 3. The van der Waals surface area contributed by atoms with E-state index in [1.807, 2.05) is 18.5 Å². The van der Waals surface area contributed by atoms with Gasteiger partial charge in [-0.2, -0.15) is 0 Å². The van der Waals surface area contributed by atoms with Crippen molar-refractivity contribution in [1.29, 1.82) is 0 Å². The molecule has 1 aromatic heterocycles. The molecule has 1 saturated carbocycles. The van der Waals surface area contributed by atoms with Gasteiger partial charge in [-0.3, -0.25) is 9.69 Å². The standard InChI is InChI=1S/C12H16BrNOS/c1-14(7-9-3-2-4-9)8-11(15)12-10(13)5-6-16-12/h5-6,9H,2-4,7-8H2,1H3. The fraction of sp³-hybridized carbons (Fsp3) is 0.583. The molecule has 0 aliphatic heterocycles. The van der Waals surface area contributed by atoms with E-state index >= 15 is 0 Å². The summed E-state index contributed by atoms with van der Waals surface area (Å²) in [6, 6.07) is 1.93. The van der Waals surface area contributed by atoms with Crippen molar-refractivity contribution in [3.05, 3.63) is 20.8 Å². The molecule has 0 radical (unpaired) electrons. The van der Waals surface area contributed by atoms with E-state index in [4.69, 9.17) is 0 Å². The fourth-order valence-electron chi connectivity index (χ4n) is 1.99. The molecule has 1 aliphatic carbocycles. The van der Waals surface area contributed by atoms with Crippen LogP contribution in [0, 0.1) is 5.92 Å². The van der Waals surface area contributed by atoms with Gasteiger partial charge < -0.3 is 0 Å². The molecule has 0 spiro atoms.